The Kier molecular flexibility index (Phi) is 8.99. The molecule has 23 heavy (non-hydrogen) atoms. The van der Waals surface area contributed by atoms with Crippen LogP contribution in [0.2, 0.25) is 0 Å². The lowest BCUT2D eigenvalue weighted by Crippen LogP contribution is -2.47. The van der Waals surface area contributed by atoms with Crippen molar-refractivity contribution in [2.45, 2.75) is 53.0 Å². The first-order chi connectivity index (χ1) is 11.0. The third-order valence-electron chi connectivity index (χ3n) is 4.09. The van der Waals surface area contributed by atoms with Crippen molar-refractivity contribution in [3.8, 4) is 0 Å². The van der Waals surface area contributed by atoms with E-state index in [9.17, 15) is 9.59 Å². The van der Waals surface area contributed by atoms with Gasteiger partial charge in [0.25, 0.3) is 0 Å². The summed E-state index contributed by atoms with van der Waals surface area (Å²) in [7, 11) is 0. The highest BCUT2D eigenvalue weighted by Crippen LogP contribution is 2.09. The van der Waals surface area contributed by atoms with E-state index in [-0.39, 0.29) is 18.0 Å². The molecule has 6 heteroatoms. The van der Waals surface area contributed by atoms with Crippen molar-refractivity contribution in [1.82, 2.24) is 15.1 Å². The zero-order chi connectivity index (χ0) is 17.2. The molecule has 0 spiro atoms. The minimum Gasteiger partial charge on any atom is -0.449 e. The van der Waals surface area contributed by atoms with Gasteiger partial charge >= 0.3 is 6.09 Å². The van der Waals surface area contributed by atoms with E-state index in [1.165, 1.54) is 0 Å². The van der Waals surface area contributed by atoms with Gasteiger partial charge in [-0.2, -0.15) is 0 Å². The van der Waals surface area contributed by atoms with Crippen LogP contribution in [0.15, 0.2) is 0 Å². The molecule has 1 fully saturated rings. The van der Waals surface area contributed by atoms with E-state index >= 15 is 0 Å². The van der Waals surface area contributed by atoms with Crippen LogP contribution in [-0.2, 0) is 9.53 Å². The Balaban J connectivity index is 2.41. The highest BCUT2D eigenvalue weighted by molar-refractivity contribution is 5.81. The third kappa shape index (κ3) is 7.20. The number of hydrogen-bond acceptors (Lipinski definition) is 4. The number of hydrogen-bond donors (Lipinski definition) is 1. The maximum Gasteiger partial charge on any atom is 0.409 e. The molecule has 0 radical (unpaired) electrons. The molecule has 1 aliphatic rings. The first-order valence-electron chi connectivity index (χ1n) is 8.89. The van der Waals surface area contributed by atoms with Gasteiger partial charge in [-0.05, 0) is 25.7 Å². The second-order valence-corrected chi connectivity index (χ2v) is 6.67. The number of nitrogens with one attached hydrogen (secondary N) is 1. The largest absolute Gasteiger partial charge is 0.449 e. The van der Waals surface area contributed by atoms with Crippen LogP contribution in [0.5, 0.6) is 0 Å². The first-order valence-corrected chi connectivity index (χ1v) is 8.89. The summed E-state index contributed by atoms with van der Waals surface area (Å²) in [5.41, 5.74) is 0. The predicted octanol–water partition coefficient (Wildman–Crippen LogP) is 2.09. The quantitative estimate of drug-likeness (QED) is 0.727. The van der Waals surface area contributed by atoms with Crippen molar-refractivity contribution in [3.05, 3.63) is 0 Å². The van der Waals surface area contributed by atoms with Crippen LogP contribution in [0.1, 0.15) is 47.0 Å². The standard InChI is InChI=1S/C17H33N3O3/c1-5-6-8-18-16(21)15(4)19-9-7-10-20(12-11-19)17(22)23-13-14(2)3/h14-15H,5-13H2,1-4H3,(H,18,21). The Morgan fingerprint density at radius 1 is 1.13 bits per heavy atom. The van der Waals surface area contributed by atoms with Gasteiger partial charge in [0.05, 0.1) is 12.6 Å². The lowest BCUT2D eigenvalue weighted by Gasteiger charge is -2.26. The van der Waals surface area contributed by atoms with Gasteiger partial charge in [0.1, 0.15) is 0 Å². The molecule has 1 rings (SSSR count). The molecule has 1 N–H and O–H groups in total. The predicted molar refractivity (Wildman–Crippen MR) is 91.3 cm³/mol. The molecule has 0 aliphatic carbocycles. The van der Waals surface area contributed by atoms with Gasteiger partial charge in [-0.3, -0.25) is 9.69 Å². The minimum absolute atomic E-state index is 0.0780. The molecule has 1 aliphatic heterocycles. The van der Waals surface area contributed by atoms with Crippen molar-refractivity contribution in [2.24, 2.45) is 5.92 Å². The normalized spacial score (nSPS) is 17.7. The summed E-state index contributed by atoms with van der Waals surface area (Å²) < 4.78 is 5.30. The Bertz CT molecular complexity index is 374. The molecule has 0 bridgehead atoms. The third-order valence-corrected chi connectivity index (χ3v) is 4.09. The molecule has 1 atom stereocenters. The molecule has 0 saturated carbocycles. The molecule has 1 unspecified atom stereocenters. The summed E-state index contributed by atoms with van der Waals surface area (Å²) in [4.78, 5) is 28.1. The average molecular weight is 327 g/mol. The lowest BCUT2D eigenvalue weighted by atomic mass is 10.2. The second-order valence-electron chi connectivity index (χ2n) is 6.67. The number of rotatable bonds is 7. The van der Waals surface area contributed by atoms with Gasteiger partial charge < -0.3 is 15.0 Å². The van der Waals surface area contributed by atoms with E-state index in [0.717, 1.165) is 32.4 Å². The zero-order valence-electron chi connectivity index (χ0n) is 15.1. The molecular weight excluding hydrogens is 294 g/mol. The van der Waals surface area contributed by atoms with E-state index < -0.39 is 0 Å². The summed E-state index contributed by atoms with van der Waals surface area (Å²) in [6.45, 7) is 12.1. The first kappa shape index (κ1) is 19.7. The van der Waals surface area contributed by atoms with Crippen molar-refractivity contribution < 1.29 is 14.3 Å². The topological polar surface area (TPSA) is 61.9 Å². The average Bonchev–Trinajstić information content (AvgIpc) is 2.78. The Morgan fingerprint density at radius 2 is 1.87 bits per heavy atom. The number of ether oxygens (including phenoxy) is 1. The van der Waals surface area contributed by atoms with Crippen LogP contribution in [0.4, 0.5) is 4.79 Å². The van der Waals surface area contributed by atoms with Gasteiger partial charge in [0.15, 0.2) is 0 Å². The van der Waals surface area contributed by atoms with E-state index in [1.807, 2.05) is 20.8 Å². The molecule has 0 aromatic rings. The van der Waals surface area contributed by atoms with E-state index in [1.54, 1.807) is 4.90 Å². The van der Waals surface area contributed by atoms with Crippen LogP contribution in [0, 0.1) is 5.92 Å². The smallest absolute Gasteiger partial charge is 0.409 e. The molecule has 134 valence electrons. The molecule has 6 nitrogen and oxygen atoms in total. The number of amides is 2. The van der Waals surface area contributed by atoms with Gasteiger partial charge in [-0.15, -0.1) is 0 Å². The molecule has 2 amide bonds. The van der Waals surface area contributed by atoms with Crippen LogP contribution in [-0.4, -0.2) is 67.2 Å². The SMILES string of the molecule is CCCCNC(=O)C(C)N1CCCN(C(=O)OCC(C)C)CC1. The molecule has 0 aromatic heterocycles. The van der Waals surface area contributed by atoms with Crippen molar-refractivity contribution in [2.75, 3.05) is 39.3 Å². The number of carbonyl (C=O) groups is 2. The molecule has 1 heterocycles. The fourth-order valence-corrected chi connectivity index (χ4v) is 2.54. The lowest BCUT2D eigenvalue weighted by molar-refractivity contribution is -0.125. The van der Waals surface area contributed by atoms with E-state index in [2.05, 4.69) is 17.1 Å². The maximum atomic E-state index is 12.2. The van der Waals surface area contributed by atoms with Crippen molar-refractivity contribution in [3.63, 3.8) is 0 Å². The maximum absolute atomic E-state index is 12.2. The van der Waals surface area contributed by atoms with Crippen LogP contribution in [0.3, 0.4) is 0 Å². The summed E-state index contributed by atoms with van der Waals surface area (Å²) in [5, 5.41) is 2.98. The highest BCUT2D eigenvalue weighted by Gasteiger charge is 2.26. The van der Waals surface area contributed by atoms with E-state index in [4.69, 9.17) is 4.74 Å². The fraction of sp³-hybridized carbons (Fsp3) is 0.882. The van der Waals surface area contributed by atoms with Crippen LogP contribution < -0.4 is 5.32 Å². The Labute approximate surface area is 140 Å². The summed E-state index contributed by atoms with van der Waals surface area (Å²) in [6, 6.07) is -0.154. The summed E-state index contributed by atoms with van der Waals surface area (Å²) in [6.07, 6.45) is 2.71. The monoisotopic (exact) mass is 327 g/mol. The molecule has 0 aromatic carbocycles. The molecular formula is C17H33N3O3. The summed E-state index contributed by atoms with van der Waals surface area (Å²) >= 11 is 0. The van der Waals surface area contributed by atoms with Gasteiger partial charge in [-0.1, -0.05) is 27.2 Å². The Morgan fingerprint density at radius 3 is 2.52 bits per heavy atom. The van der Waals surface area contributed by atoms with Gasteiger partial charge in [0, 0.05) is 32.7 Å². The number of nitrogens with zero attached hydrogens (tertiary/aromatic N) is 2. The van der Waals surface area contributed by atoms with E-state index in [0.29, 0.717) is 32.2 Å². The van der Waals surface area contributed by atoms with Crippen LogP contribution in [0.25, 0.3) is 0 Å². The summed E-state index contributed by atoms with van der Waals surface area (Å²) in [5.74, 6) is 0.420. The minimum atomic E-state index is -0.236. The van der Waals surface area contributed by atoms with Crippen molar-refractivity contribution >= 4 is 12.0 Å². The zero-order valence-corrected chi connectivity index (χ0v) is 15.1. The highest BCUT2D eigenvalue weighted by atomic mass is 16.6. The number of carbonyl (C=O) groups excluding carboxylic acids is 2. The second kappa shape index (κ2) is 10.5. The van der Waals surface area contributed by atoms with Gasteiger partial charge in [-0.25, -0.2) is 4.79 Å². The number of unbranched alkanes of at least 4 members (excludes halogenated alkanes) is 1. The van der Waals surface area contributed by atoms with Crippen molar-refractivity contribution in [1.29, 1.82) is 0 Å². The Hall–Kier alpha value is -1.30. The molecule has 1 saturated heterocycles. The van der Waals surface area contributed by atoms with Crippen LogP contribution >= 0.6 is 0 Å². The fourth-order valence-electron chi connectivity index (χ4n) is 2.54. The van der Waals surface area contributed by atoms with Gasteiger partial charge in [0.2, 0.25) is 5.91 Å².